The second-order valence-electron chi connectivity index (χ2n) is 4.50. The minimum absolute atomic E-state index is 0.168. The number of para-hydroxylation sites is 1. The van der Waals surface area contributed by atoms with Crippen LogP contribution in [0.2, 0.25) is 0 Å². The number of carbonyl (C=O) groups is 1. The van der Waals surface area contributed by atoms with Crippen LogP contribution in [0.1, 0.15) is 26.7 Å². The molecular weight excluding hydrogens is 212 g/mol. The van der Waals surface area contributed by atoms with Gasteiger partial charge in [0.2, 0.25) is 5.91 Å². The molecule has 0 saturated carbocycles. The van der Waals surface area contributed by atoms with Gasteiger partial charge in [-0.2, -0.15) is 0 Å². The molecule has 3 nitrogen and oxygen atoms in total. The fourth-order valence-corrected chi connectivity index (χ4v) is 1.59. The molecule has 0 heterocycles. The van der Waals surface area contributed by atoms with Gasteiger partial charge in [-0.3, -0.25) is 4.79 Å². The summed E-state index contributed by atoms with van der Waals surface area (Å²) in [6.07, 6.45) is 1.47. The summed E-state index contributed by atoms with van der Waals surface area (Å²) in [5.41, 5.74) is 0.953. The molecule has 0 bridgehead atoms. The molecule has 1 rings (SSSR count). The van der Waals surface area contributed by atoms with E-state index in [0.29, 0.717) is 12.5 Å². The summed E-state index contributed by atoms with van der Waals surface area (Å²) in [7, 11) is 1.83. The number of hydrogen-bond donors (Lipinski definition) is 1. The minimum Gasteiger partial charge on any atom is -0.316 e. The number of nitrogens with one attached hydrogen (secondary N) is 1. The fraction of sp³-hybridized carbons (Fsp3) is 0.500. The van der Waals surface area contributed by atoms with E-state index in [1.165, 1.54) is 0 Å². The lowest BCUT2D eigenvalue weighted by atomic mass is 10.2. The molecule has 0 unspecified atom stereocenters. The smallest absolute Gasteiger partial charge is 0.226 e. The average Bonchev–Trinajstić information content (AvgIpc) is 2.34. The van der Waals surface area contributed by atoms with Crippen LogP contribution in [-0.4, -0.2) is 25.5 Å². The van der Waals surface area contributed by atoms with E-state index in [1.54, 1.807) is 4.90 Å². The highest BCUT2D eigenvalue weighted by molar-refractivity contribution is 5.92. The summed E-state index contributed by atoms with van der Waals surface area (Å²) in [5, 5.41) is 3.31. The lowest BCUT2D eigenvalue weighted by molar-refractivity contribution is -0.118. The Morgan fingerprint density at radius 3 is 2.53 bits per heavy atom. The summed E-state index contributed by atoms with van der Waals surface area (Å²) in [4.78, 5) is 13.6. The van der Waals surface area contributed by atoms with Crippen molar-refractivity contribution in [2.24, 2.45) is 0 Å². The molecule has 1 amide bonds. The van der Waals surface area contributed by atoms with Crippen molar-refractivity contribution in [3.05, 3.63) is 30.3 Å². The third kappa shape index (κ3) is 5.00. The standard InChI is InChI=1S/C14H22N2O/c1-12(2)15-11-7-10-14(17)16(3)13-8-5-4-6-9-13/h4-6,8-9,12,15H,7,10-11H2,1-3H3. The maximum atomic E-state index is 11.9. The highest BCUT2D eigenvalue weighted by Gasteiger charge is 2.09. The van der Waals surface area contributed by atoms with Crippen molar-refractivity contribution in [2.75, 3.05) is 18.5 Å². The van der Waals surface area contributed by atoms with Crippen molar-refractivity contribution in [2.45, 2.75) is 32.7 Å². The first-order valence-electron chi connectivity index (χ1n) is 6.16. The van der Waals surface area contributed by atoms with E-state index >= 15 is 0 Å². The Kier molecular flexibility index (Phi) is 5.70. The van der Waals surface area contributed by atoms with Crippen LogP contribution in [0.25, 0.3) is 0 Å². The molecule has 17 heavy (non-hydrogen) atoms. The number of hydrogen-bond acceptors (Lipinski definition) is 2. The Morgan fingerprint density at radius 1 is 1.29 bits per heavy atom. The molecule has 0 spiro atoms. The Hall–Kier alpha value is -1.35. The second kappa shape index (κ2) is 7.07. The fourth-order valence-electron chi connectivity index (χ4n) is 1.59. The van der Waals surface area contributed by atoms with Gasteiger partial charge in [0.1, 0.15) is 0 Å². The number of amides is 1. The number of anilines is 1. The van der Waals surface area contributed by atoms with Gasteiger partial charge in [0.15, 0.2) is 0 Å². The largest absolute Gasteiger partial charge is 0.316 e. The lowest BCUT2D eigenvalue weighted by Crippen LogP contribution is -2.28. The first kappa shape index (κ1) is 13.7. The zero-order valence-corrected chi connectivity index (χ0v) is 10.9. The van der Waals surface area contributed by atoms with Gasteiger partial charge < -0.3 is 10.2 Å². The molecule has 1 aromatic carbocycles. The molecule has 1 N–H and O–H groups in total. The van der Waals surface area contributed by atoms with E-state index in [2.05, 4.69) is 19.2 Å². The van der Waals surface area contributed by atoms with E-state index < -0.39 is 0 Å². The van der Waals surface area contributed by atoms with E-state index in [1.807, 2.05) is 37.4 Å². The maximum absolute atomic E-state index is 11.9. The van der Waals surface area contributed by atoms with Crippen LogP contribution in [-0.2, 0) is 4.79 Å². The van der Waals surface area contributed by atoms with Crippen LogP contribution in [0.15, 0.2) is 30.3 Å². The number of benzene rings is 1. The van der Waals surface area contributed by atoms with Gasteiger partial charge in [-0.05, 0) is 25.1 Å². The van der Waals surface area contributed by atoms with Crippen molar-refractivity contribution in [3.8, 4) is 0 Å². The molecule has 3 heteroatoms. The van der Waals surface area contributed by atoms with Crippen LogP contribution in [0, 0.1) is 0 Å². The van der Waals surface area contributed by atoms with Crippen LogP contribution in [0.4, 0.5) is 5.69 Å². The van der Waals surface area contributed by atoms with E-state index in [9.17, 15) is 4.79 Å². The van der Waals surface area contributed by atoms with E-state index in [0.717, 1.165) is 18.7 Å². The molecule has 0 aliphatic heterocycles. The number of carbonyl (C=O) groups excluding carboxylic acids is 1. The Bertz CT molecular complexity index is 335. The van der Waals surface area contributed by atoms with Crippen LogP contribution < -0.4 is 10.2 Å². The van der Waals surface area contributed by atoms with Gasteiger partial charge in [-0.15, -0.1) is 0 Å². The summed E-state index contributed by atoms with van der Waals surface area (Å²) in [5.74, 6) is 0.168. The van der Waals surface area contributed by atoms with Gasteiger partial charge in [0, 0.05) is 25.2 Å². The Balaban J connectivity index is 2.33. The Labute approximate surface area is 104 Å². The van der Waals surface area contributed by atoms with Crippen molar-refractivity contribution < 1.29 is 4.79 Å². The zero-order valence-electron chi connectivity index (χ0n) is 10.9. The monoisotopic (exact) mass is 234 g/mol. The number of rotatable bonds is 6. The summed E-state index contributed by atoms with van der Waals surface area (Å²) >= 11 is 0. The van der Waals surface area contributed by atoms with Gasteiger partial charge in [0.25, 0.3) is 0 Å². The lowest BCUT2D eigenvalue weighted by Gasteiger charge is -2.17. The second-order valence-corrected chi connectivity index (χ2v) is 4.50. The third-order valence-electron chi connectivity index (χ3n) is 2.64. The topological polar surface area (TPSA) is 32.3 Å². The van der Waals surface area contributed by atoms with Crippen molar-refractivity contribution in [3.63, 3.8) is 0 Å². The van der Waals surface area contributed by atoms with E-state index in [-0.39, 0.29) is 5.91 Å². The predicted octanol–water partition coefficient (Wildman–Crippen LogP) is 2.43. The highest BCUT2D eigenvalue weighted by atomic mass is 16.2. The number of nitrogens with zero attached hydrogens (tertiary/aromatic N) is 1. The first-order valence-corrected chi connectivity index (χ1v) is 6.16. The highest BCUT2D eigenvalue weighted by Crippen LogP contribution is 2.12. The van der Waals surface area contributed by atoms with Gasteiger partial charge >= 0.3 is 0 Å². The maximum Gasteiger partial charge on any atom is 0.226 e. The van der Waals surface area contributed by atoms with Gasteiger partial charge in [0.05, 0.1) is 0 Å². The Morgan fingerprint density at radius 2 is 1.94 bits per heavy atom. The van der Waals surface area contributed by atoms with Crippen LogP contribution in [0.3, 0.4) is 0 Å². The first-order chi connectivity index (χ1) is 8.11. The zero-order chi connectivity index (χ0) is 12.7. The molecule has 1 aromatic rings. The molecule has 94 valence electrons. The molecular formula is C14H22N2O. The van der Waals surface area contributed by atoms with Crippen LogP contribution >= 0.6 is 0 Å². The molecule has 0 aromatic heterocycles. The molecule has 0 atom stereocenters. The van der Waals surface area contributed by atoms with E-state index in [4.69, 9.17) is 0 Å². The molecule has 0 aliphatic carbocycles. The van der Waals surface area contributed by atoms with Crippen molar-refractivity contribution >= 4 is 11.6 Å². The average molecular weight is 234 g/mol. The van der Waals surface area contributed by atoms with Gasteiger partial charge in [-0.1, -0.05) is 32.0 Å². The third-order valence-corrected chi connectivity index (χ3v) is 2.64. The molecule has 0 radical (unpaired) electrons. The van der Waals surface area contributed by atoms with Crippen molar-refractivity contribution in [1.29, 1.82) is 0 Å². The van der Waals surface area contributed by atoms with Crippen molar-refractivity contribution in [1.82, 2.24) is 5.32 Å². The summed E-state index contributed by atoms with van der Waals surface area (Å²) < 4.78 is 0. The van der Waals surface area contributed by atoms with Crippen LogP contribution in [0.5, 0.6) is 0 Å². The molecule has 0 fully saturated rings. The minimum atomic E-state index is 0.168. The summed E-state index contributed by atoms with van der Waals surface area (Å²) in [6.45, 7) is 5.11. The molecule has 0 aliphatic rings. The molecule has 0 saturated heterocycles. The quantitative estimate of drug-likeness (QED) is 0.767. The normalized spacial score (nSPS) is 10.6. The summed E-state index contributed by atoms with van der Waals surface area (Å²) in [6, 6.07) is 10.2. The predicted molar refractivity (Wildman–Crippen MR) is 72.2 cm³/mol. The SMILES string of the molecule is CC(C)NCCCC(=O)N(C)c1ccccc1. The van der Waals surface area contributed by atoms with Gasteiger partial charge in [-0.25, -0.2) is 0 Å².